The lowest BCUT2D eigenvalue weighted by Gasteiger charge is -2.24. The van der Waals surface area contributed by atoms with Gasteiger partial charge in [-0.1, -0.05) is 12.1 Å². The minimum absolute atomic E-state index is 0.102. The summed E-state index contributed by atoms with van der Waals surface area (Å²) in [6.07, 6.45) is 3.17. The Morgan fingerprint density at radius 2 is 2.10 bits per heavy atom. The van der Waals surface area contributed by atoms with Crippen LogP contribution in [0.15, 0.2) is 47.1 Å². The van der Waals surface area contributed by atoms with Gasteiger partial charge in [0.1, 0.15) is 5.82 Å². The van der Waals surface area contributed by atoms with Crippen LogP contribution in [0.5, 0.6) is 0 Å². The summed E-state index contributed by atoms with van der Waals surface area (Å²) < 4.78 is 23.9. The van der Waals surface area contributed by atoms with Gasteiger partial charge in [0.15, 0.2) is 5.76 Å². The van der Waals surface area contributed by atoms with Crippen LogP contribution in [0, 0.1) is 5.82 Å². The predicted octanol–water partition coefficient (Wildman–Crippen LogP) is 3.07. The SMILES string of the molecule is O=C(N[C@@H](c1ccc(F)cc1)[C@@H]1CCCO1)c1ccco1. The van der Waals surface area contributed by atoms with Gasteiger partial charge in [0, 0.05) is 6.61 Å². The van der Waals surface area contributed by atoms with Gasteiger partial charge in [-0.3, -0.25) is 4.79 Å². The molecule has 0 radical (unpaired) electrons. The molecule has 0 spiro atoms. The highest BCUT2D eigenvalue weighted by molar-refractivity contribution is 5.91. The molecule has 1 aromatic carbocycles. The second-order valence-corrected chi connectivity index (χ2v) is 5.03. The van der Waals surface area contributed by atoms with Crippen molar-refractivity contribution in [3.8, 4) is 0 Å². The van der Waals surface area contributed by atoms with Gasteiger partial charge in [0.2, 0.25) is 0 Å². The third kappa shape index (κ3) is 3.13. The van der Waals surface area contributed by atoms with E-state index in [0.29, 0.717) is 6.61 Å². The summed E-state index contributed by atoms with van der Waals surface area (Å²) in [6.45, 7) is 0.680. The molecule has 0 aliphatic carbocycles. The number of carbonyl (C=O) groups is 1. The fourth-order valence-electron chi connectivity index (χ4n) is 2.55. The van der Waals surface area contributed by atoms with Gasteiger partial charge in [0.25, 0.3) is 5.91 Å². The Morgan fingerprint density at radius 3 is 2.71 bits per heavy atom. The normalized spacial score (nSPS) is 19.4. The number of amides is 1. The van der Waals surface area contributed by atoms with E-state index < -0.39 is 0 Å². The highest BCUT2D eigenvalue weighted by Crippen LogP contribution is 2.27. The van der Waals surface area contributed by atoms with E-state index in [9.17, 15) is 9.18 Å². The molecule has 21 heavy (non-hydrogen) atoms. The van der Waals surface area contributed by atoms with Gasteiger partial charge in [-0.15, -0.1) is 0 Å². The third-order valence-electron chi connectivity index (χ3n) is 3.60. The van der Waals surface area contributed by atoms with E-state index in [2.05, 4.69) is 5.32 Å². The van der Waals surface area contributed by atoms with Crippen LogP contribution in [-0.4, -0.2) is 18.6 Å². The number of ether oxygens (including phenoxy) is 1. The van der Waals surface area contributed by atoms with Crippen LogP contribution >= 0.6 is 0 Å². The van der Waals surface area contributed by atoms with Gasteiger partial charge in [-0.05, 0) is 42.7 Å². The number of halogens is 1. The van der Waals surface area contributed by atoms with Gasteiger partial charge in [0.05, 0.1) is 18.4 Å². The molecular formula is C16H16FNO3. The Labute approximate surface area is 121 Å². The number of hydrogen-bond acceptors (Lipinski definition) is 3. The van der Waals surface area contributed by atoms with Crippen LogP contribution < -0.4 is 5.32 Å². The number of rotatable bonds is 4. The standard InChI is InChI=1S/C16H16FNO3/c17-12-7-5-11(6-8-12)15(13-3-1-9-20-13)18-16(19)14-4-2-10-21-14/h2,4-8,10,13,15H,1,3,9H2,(H,18,19)/t13-,15-/m0/s1. The van der Waals surface area contributed by atoms with E-state index in [-0.39, 0.29) is 29.6 Å². The fourth-order valence-corrected chi connectivity index (χ4v) is 2.55. The van der Waals surface area contributed by atoms with Crippen LogP contribution in [0.3, 0.4) is 0 Å². The molecule has 4 nitrogen and oxygen atoms in total. The van der Waals surface area contributed by atoms with Gasteiger partial charge in [-0.25, -0.2) is 4.39 Å². The smallest absolute Gasteiger partial charge is 0.287 e. The average molecular weight is 289 g/mol. The Bertz CT molecular complexity index is 588. The Kier molecular flexibility index (Phi) is 4.01. The summed E-state index contributed by atoms with van der Waals surface area (Å²) in [5.74, 6) is -0.355. The molecule has 3 rings (SSSR count). The summed E-state index contributed by atoms with van der Waals surface area (Å²) in [5, 5.41) is 2.92. The van der Waals surface area contributed by atoms with E-state index in [1.54, 1.807) is 24.3 Å². The van der Waals surface area contributed by atoms with Crippen molar-refractivity contribution in [3.63, 3.8) is 0 Å². The third-order valence-corrected chi connectivity index (χ3v) is 3.60. The number of carbonyl (C=O) groups excluding carboxylic acids is 1. The largest absolute Gasteiger partial charge is 0.459 e. The topological polar surface area (TPSA) is 51.5 Å². The molecule has 1 aliphatic rings. The zero-order valence-electron chi connectivity index (χ0n) is 11.4. The minimum Gasteiger partial charge on any atom is -0.459 e. The molecule has 1 saturated heterocycles. The van der Waals surface area contributed by atoms with Crippen molar-refractivity contribution < 1.29 is 18.3 Å². The van der Waals surface area contributed by atoms with Crippen LogP contribution in [0.2, 0.25) is 0 Å². The Balaban J connectivity index is 1.82. The number of hydrogen-bond donors (Lipinski definition) is 1. The van der Waals surface area contributed by atoms with Crippen molar-refractivity contribution in [1.29, 1.82) is 0 Å². The first-order valence-corrected chi connectivity index (χ1v) is 6.95. The second-order valence-electron chi connectivity index (χ2n) is 5.03. The molecule has 1 aromatic heterocycles. The van der Waals surface area contributed by atoms with Crippen LogP contribution in [0.25, 0.3) is 0 Å². The molecular weight excluding hydrogens is 273 g/mol. The molecule has 1 aliphatic heterocycles. The minimum atomic E-state index is -0.314. The van der Waals surface area contributed by atoms with Crippen molar-refractivity contribution in [1.82, 2.24) is 5.32 Å². The first-order valence-electron chi connectivity index (χ1n) is 6.95. The maximum absolute atomic E-state index is 13.1. The molecule has 0 saturated carbocycles. The quantitative estimate of drug-likeness (QED) is 0.941. The summed E-state index contributed by atoms with van der Waals surface area (Å²) in [6, 6.07) is 9.06. The highest BCUT2D eigenvalue weighted by Gasteiger charge is 2.29. The molecule has 110 valence electrons. The lowest BCUT2D eigenvalue weighted by Crippen LogP contribution is -2.36. The summed E-state index contributed by atoms with van der Waals surface area (Å²) in [5.41, 5.74) is 0.822. The van der Waals surface area contributed by atoms with E-state index in [1.807, 2.05) is 0 Å². The maximum Gasteiger partial charge on any atom is 0.287 e. The molecule has 1 fully saturated rings. The van der Waals surface area contributed by atoms with Gasteiger partial charge >= 0.3 is 0 Å². The molecule has 2 heterocycles. The molecule has 1 amide bonds. The van der Waals surface area contributed by atoms with Crippen LogP contribution in [-0.2, 0) is 4.74 Å². The van der Waals surface area contributed by atoms with E-state index in [0.717, 1.165) is 18.4 Å². The zero-order valence-corrected chi connectivity index (χ0v) is 11.4. The lowest BCUT2D eigenvalue weighted by molar-refractivity contribution is 0.0658. The molecule has 5 heteroatoms. The molecule has 2 atom stereocenters. The zero-order chi connectivity index (χ0) is 14.7. The van der Waals surface area contributed by atoms with E-state index >= 15 is 0 Å². The molecule has 0 unspecified atom stereocenters. The summed E-state index contributed by atoms with van der Waals surface area (Å²) >= 11 is 0. The molecule has 2 aromatic rings. The summed E-state index contributed by atoms with van der Waals surface area (Å²) in [7, 11) is 0. The van der Waals surface area contributed by atoms with Crippen molar-refractivity contribution in [2.45, 2.75) is 25.0 Å². The first kappa shape index (κ1) is 13.8. The number of benzene rings is 1. The van der Waals surface area contributed by atoms with Crippen LogP contribution in [0.1, 0.15) is 35.0 Å². The fraction of sp³-hybridized carbons (Fsp3) is 0.312. The van der Waals surface area contributed by atoms with Gasteiger partial charge in [-0.2, -0.15) is 0 Å². The van der Waals surface area contributed by atoms with E-state index in [1.165, 1.54) is 18.4 Å². The van der Waals surface area contributed by atoms with Gasteiger partial charge < -0.3 is 14.5 Å². The van der Waals surface area contributed by atoms with Crippen molar-refractivity contribution in [3.05, 3.63) is 59.8 Å². The maximum atomic E-state index is 13.1. The van der Waals surface area contributed by atoms with Crippen molar-refractivity contribution >= 4 is 5.91 Å². The van der Waals surface area contributed by atoms with E-state index in [4.69, 9.17) is 9.15 Å². The highest BCUT2D eigenvalue weighted by atomic mass is 19.1. The predicted molar refractivity (Wildman–Crippen MR) is 74.3 cm³/mol. The van der Waals surface area contributed by atoms with Crippen molar-refractivity contribution in [2.24, 2.45) is 0 Å². The molecule has 0 bridgehead atoms. The summed E-state index contributed by atoms with van der Waals surface area (Å²) in [4.78, 5) is 12.2. The Morgan fingerprint density at radius 1 is 1.29 bits per heavy atom. The Hall–Kier alpha value is -2.14. The van der Waals surface area contributed by atoms with Crippen molar-refractivity contribution in [2.75, 3.05) is 6.61 Å². The monoisotopic (exact) mass is 289 g/mol. The molecule has 1 N–H and O–H groups in total. The van der Waals surface area contributed by atoms with Crippen LogP contribution in [0.4, 0.5) is 4.39 Å². The number of nitrogens with one attached hydrogen (secondary N) is 1. The second kappa shape index (κ2) is 6.10. The first-order chi connectivity index (χ1) is 10.2. The lowest BCUT2D eigenvalue weighted by atomic mass is 9.99. The number of furan rings is 1. The average Bonchev–Trinajstić information content (AvgIpc) is 3.19.